The van der Waals surface area contributed by atoms with Crippen molar-refractivity contribution < 1.29 is 17.4 Å². The van der Waals surface area contributed by atoms with Crippen LogP contribution in [0.4, 0.5) is 11.4 Å². The molecule has 36 heavy (non-hydrogen) atoms. The van der Waals surface area contributed by atoms with Crippen LogP contribution in [0.1, 0.15) is 5.56 Å². The maximum absolute atomic E-state index is 13.4. The molecule has 5 rings (SSSR count). The molecule has 8 heteroatoms. The van der Waals surface area contributed by atoms with E-state index >= 15 is 0 Å². The third-order valence-corrected chi connectivity index (χ3v) is 7.43. The Hall–Kier alpha value is -4.14. The summed E-state index contributed by atoms with van der Waals surface area (Å²) < 4.78 is 30.5. The van der Waals surface area contributed by atoms with E-state index < -0.39 is 10.1 Å². The van der Waals surface area contributed by atoms with E-state index in [1.165, 1.54) is 23.9 Å². The van der Waals surface area contributed by atoms with E-state index in [2.05, 4.69) is 0 Å². The molecule has 4 aromatic rings. The second-order valence-corrected chi connectivity index (χ2v) is 10.3. The monoisotopic (exact) mass is 512 g/mol. The summed E-state index contributed by atoms with van der Waals surface area (Å²) in [6, 6.07) is 33.3. The van der Waals surface area contributed by atoms with Crippen LogP contribution >= 0.6 is 11.8 Å². The molecule has 0 aromatic heterocycles. The Bertz CT molecular complexity index is 1550. The van der Waals surface area contributed by atoms with E-state index in [-0.39, 0.29) is 16.6 Å². The molecule has 1 aliphatic rings. The summed E-state index contributed by atoms with van der Waals surface area (Å²) in [4.78, 5) is 20.2. The van der Waals surface area contributed by atoms with Crippen LogP contribution in [0.2, 0.25) is 0 Å². The van der Waals surface area contributed by atoms with E-state index in [1.54, 1.807) is 53.4 Å². The number of rotatable bonds is 6. The minimum atomic E-state index is -3.98. The topological polar surface area (TPSA) is 76.0 Å². The summed E-state index contributed by atoms with van der Waals surface area (Å²) in [5, 5.41) is 0.530. The number of carbonyl (C=O) groups is 1. The first-order chi connectivity index (χ1) is 17.5. The fourth-order valence-electron chi connectivity index (χ4n) is 3.54. The number of anilines is 1. The van der Waals surface area contributed by atoms with E-state index in [0.717, 1.165) is 5.69 Å². The number of thioether (sulfide) groups is 1. The summed E-state index contributed by atoms with van der Waals surface area (Å²) in [6.07, 6.45) is 1.71. The van der Waals surface area contributed by atoms with E-state index in [1.807, 2.05) is 60.7 Å². The summed E-state index contributed by atoms with van der Waals surface area (Å²) in [5.74, 6) is -0.0640. The molecule has 178 valence electrons. The van der Waals surface area contributed by atoms with Crippen molar-refractivity contribution in [2.45, 2.75) is 4.90 Å². The summed E-state index contributed by atoms with van der Waals surface area (Å²) in [7, 11) is -3.98. The van der Waals surface area contributed by atoms with Gasteiger partial charge in [-0.25, -0.2) is 4.99 Å². The summed E-state index contributed by atoms with van der Waals surface area (Å²) in [5.41, 5.74) is 2.07. The Kier molecular flexibility index (Phi) is 6.71. The molecule has 1 aliphatic heterocycles. The van der Waals surface area contributed by atoms with Crippen molar-refractivity contribution >= 4 is 50.4 Å². The first-order valence-electron chi connectivity index (χ1n) is 11.0. The van der Waals surface area contributed by atoms with Crippen molar-refractivity contribution in [3.8, 4) is 5.75 Å². The number of amidine groups is 1. The van der Waals surface area contributed by atoms with Gasteiger partial charge in [0.05, 0.1) is 16.3 Å². The van der Waals surface area contributed by atoms with Crippen molar-refractivity contribution in [2.24, 2.45) is 4.99 Å². The zero-order chi connectivity index (χ0) is 25.0. The maximum Gasteiger partial charge on any atom is 0.339 e. The number of hydrogen-bond donors (Lipinski definition) is 0. The van der Waals surface area contributed by atoms with Crippen molar-refractivity contribution in [3.05, 3.63) is 126 Å². The maximum atomic E-state index is 13.4. The third-order valence-electron chi connectivity index (χ3n) is 5.20. The van der Waals surface area contributed by atoms with Gasteiger partial charge in [0, 0.05) is 0 Å². The normalized spacial score (nSPS) is 16.0. The predicted molar refractivity (Wildman–Crippen MR) is 144 cm³/mol. The van der Waals surface area contributed by atoms with Crippen molar-refractivity contribution in [3.63, 3.8) is 0 Å². The Morgan fingerprint density at radius 1 is 0.778 bits per heavy atom. The van der Waals surface area contributed by atoms with Gasteiger partial charge in [0.15, 0.2) is 5.17 Å². The number of aliphatic imine (C=N–C) groups is 1. The minimum absolute atomic E-state index is 0.0653. The van der Waals surface area contributed by atoms with Gasteiger partial charge < -0.3 is 4.18 Å². The molecular weight excluding hydrogens is 492 g/mol. The Morgan fingerprint density at radius 2 is 1.42 bits per heavy atom. The summed E-state index contributed by atoms with van der Waals surface area (Å²) in [6.45, 7) is 0. The van der Waals surface area contributed by atoms with Gasteiger partial charge in [-0.15, -0.1) is 0 Å². The van der Waals surface area contributed by atoms with Gasteiger partial charge in [0.25, 0.3) is 5.91 Å². The molecule has 0 saturated carbocycles. The zero-order valence-corrected chi connectivity index (χ0v) is 20.5. The lowest BCUT2D eigenvalue weighted by Gasteiger charge is -2.15. The van der Waals surface area contributed by atoms with Gasteiger partial charge in [-0.05, 0) is 71.9 Å². The molecule has 0 radical (unpaired) electrons. The lowest BCUT2D eigenvalue weighted by Crippen LogP contribution is -2.28. The number of nitrogens with zero attached hydrogens (tertiary/aromatic N) is 2. The Morgan fingerprint density at radius 3 is 2.11 bits per heavy atom. The fourth-order valence-corrected chi connectivity index (χ4v) is 5.48. The zero-order valence-electron chi connectivity index (χ0n) is 18.9. The molecule has 1 amide bonds. The lowest BCUT2D eigenvalue weighted by atomic mass is 10.2. The number of carbonyl (C=O) groups excluding carboxylic acids is 1. The first-order valence-corrected chi connectivity index (χ1v) is 13.2. The number of amides is 1. The van der Waals surface area contributed by atoms with Crippen LogP contribution < -0.4 is 9.08 Å². The number of para-hydroxylation sites is 2. The van der Waals surface area contributed by atoms with Crippen LogP contribution in [-0.4, -0.2) is 19.5 Å². The highest BCUT2D eigenvalue weighted by atomic mass is 32.2. The first kappa shape index (κ1) is 23.6. The van der Waals surface area contributed by atoms with Crippen molar-refractivity contribution in [1.82, 2.24) is 0 Å². The molecule has 6 nitrogen and oxygen atoms in total. The summed E-state index contributed by atoms with van der Waals surface area (Å²) >= 11 is 1.26. The molecular formula is C28H20N2O4S2. The standard InChI is InChI=1S/C28H20N2O4S2/c31-27-26(20-21-11-10-16-24(19-21)34-36(32,33)25-17-8-3-9-18-25)35-28(29-22-12-4-1-5-13-22)30(27)23-14-6-2-7-15-23/h1-20H/b26-20-,29-28?. The molecule has 1 fully saturated rings. The molecule has 0 atom stereocenters. The van der Waals surface area contributed by atoms with Gasteiger partial charge in [0.2, 0.25) is 0 Å². The Balaban J connectivity index is 1.47. The van der Waals surface area contributed by atoms with Crippen LogP contribution in [0, 0.1) is 0 Å². The van der Waals surface area contributed by atoms with Crippen LogP contribution in [0.5, 0.6) is 5.75 Å². The van der Waals surface area contributed by atoms with Crippen LogP contribution in [0.15, 0.2) is 130 Å². The molecule has 0 aliphatic carbocycles. The molecule has 0 N–H and O–H groups in total. The van der Waals surface area contributed by atoms with E-state index in [9.17, 15) is 13.2 Å². The quantitative estimate of drug-likeness (QED) is 0.225. The van der Waals surface area contributed by atoms with Crippen LogP contribution in [-0.2, 0) is 14.9 Å². The largest absolute Gasteiger partial charge is 0.379 e. The van der Waals surface area contributed by atoms with E-state index in [4.69, 9.17) is 9.18 Å². The Labute approximate surface area is 213 Å². The van der Waals surface area contributed by atoms with Gasteiger partial charge in [-0.2, -0.15) is 8.42 Å². The SMILES string of the molecule is O=C1/C(=C/c2cccc(OS(=O)(=O)c3ccccc3)c2)SC(=Nc2ccccc2)N1c1ccccc1. The average Bonchev–Trinajstić information content (AvgIpc) is 3.19. The fraction of sp³-hybridized carbons (Fsp3) is 0. The van der Waals surface area contributed by atoms with Crippen molar-refractivity contribution in [1.29, 1.82) is 0 Å². The highest BCUT2D eigenvalue weighted by Gasteiger charge is 2.34. The predicted octanol–water partition coefficient (Wildman–Crippen LogP) is 6.26. The number of hydrogen-bond acceptors (Lipinski definition) is 6. The highest BCUT2D eigenvalue weighted by molar-refractivity contribution is 8.19. The molecule has 4 aromatic carbocycles. The van der Waals surface area contributed by atoms with Gasteiger partial charge in [-0.3, -0.25) is 9.69 Å². The minimum Gasteiger partial charge on any atom is -0.379 e. The number of benzene rings is 4. The molecule has 0 unspecified atom stereocenters. The van der Waals surface area contributed by atoms with Gasteiger partial charge in [0.1, 0.15) is 10.6 Å². The van der Waals surface area contributed by atoms with Crippen LogP contribution in [0.3, 0.4) is 0 Å². The second-order valence-electron chi connectivity index (χ2n) is 7.74. The highest BCUT2D eigenvalue weighted by Crippen LogP contribution is 2.37. The lowest BCUT2D eigenvalue weighted by molar-refractivity contribution is -0.113. The molecule has 0 spiro atoms. The van der Waals surface area contributed by atoms with E-state index in [0.29, 0.717) is 21.3 Å². The molecule has 1 saturated heterocycles. The average molecular weight is 513 g/mol. The smallest absolute Gasteiger partial charge is 0.339 e. The van der Waals surface area contributed by atoms with Crippen molar-refractivity contribution in [2.75, 3.05) is 4.90 Å². The van der Waals surface area contributed by atoms with Gasteiger partial charge >= 0.3 is 10.1 Å². The molecule has 0 bridgehead atoms. The third kappa shape index (κ3) is 5.25. The van der Waals surface area contributed by atoms with Crippen LogP contribution in [0.25, 0.3) is 6.08 Å². The molecule has 1 heterocycles. The van der Waals surface area contributed by atoms with Gasteiger partial charge in [-0.1, -0.05) is 66.7 Å². The second kappa shape index (κ2) is 10.2.